The van der Waals surface area contributed by atoms with E-state index >= 15 is 0 Å². The average Bonchev–Trinajstić information content (AvgIpc) is 2.45. The van der Waals surface area contributed by atoms with Crippen molar-refractivity contribution < 1.29 is 17.9 Å². The number of rotatable bonds is 6. The van der Waals surface area contributed by atoms with Crippen LogP contribution in [0.3, 0.4) is 0 Å². The third-order valence-corrected chi connectivity index (χ3v) is 4.37. The Morgan fingerprint density at radius 3 is 2.43 bits per heavy atom. The molecule has 21 heavy (non-hydrogen) atoms. The van der Waals surface area contributed by atoms with Crippen LogP contribution >= 0.6 is 0 Å². The number of hydrogen-bond acceptors (Lipinski definition) is 4. The molecule has 0 aliphatic rings. The quantitative estimate of drug-likeness (QED) is 0.863. The summed E-state index contributed by atoms with van der Waals surface area (Å²) in [7, 11) is -2.44. The molecule has 0 saturated carbocycles. The molecule has 0 saturated heterocycles. The zero-order chi connectivity index (χ0) is 16.2. The summed E-state index contributed by atoms with van der Waals surface area (Å²) in [5.41, 5.74) is 0.200. The number of hydrogen-bond donors (Lipinski definition) is 1. The van der Waals surface area contributed by atoms with E-state index in [9.17, 15) is 13.2 Å². The molecule has 1 unspecified atom stereocenters. The van der Waals surface area contributed by atoms with Crippen molar-refractivity contribution in [3.05, 3.63) is 23.8 Å². The summed E-state index contributed by atoms with van der Waals surface area (Å²) in [5, 5.41) is 5.12. The second kappa shape index (κ2) is 6.91. The number of ether oxygens (including phenoxy) is 1. The molecule has 1 atom stereocenters. The van der Waals surface area contributed by atoms with Gasteiger partial charge in [0.1, 0.15) is 5.75 Å². The van der Waals surface area contributed by atoms with Crippen LogP contribution in [0.4, 0.5) is 0 Å². The molecule has 6 nitrogen and oxygen atoms in total. The van der Waals surface area contributed by atoms with Crippen LogP contribution in [0.25, 0.3) is 0 Å². The Hall–Kier alpha value is -1.60. The van der Waals surface area contributed by atoms with Crippen molar-refractivity contribution >= 4 is 15.9 Å². The molecule has 118 valence electrons. The molecule has 0 aromatic heterocycles. The highest BCUT2D eigenvalue weighted by atomic mass is 32.2. The lowest BCUT2D eigenvalue weighted by atomic mass is 10.1. The molecule has 1 rings (SSSR count). The summed E-state index contributed by atoms with van der Waals surface area (Å²) in [6, 6.07) is 4.08. The maximum absolute atomic E-state index is 12.6. The predicted molar refractivity (Wildman–Crippen MR) is 80.8 cm³/mol. The van der Waals surface area contributed by atoms with Gasteiger partial charge in [-0.25, -0.2) is 13.6 Å². The molecule has 2 N–H and O–H groups in total. The molecule has 0 bridgehead atoms. The fraction of sp³-hybridized carbons (Fsp3) is 0.500. The summed E-state index contributed by atoms with van der Waals surface area (Å²) in [6.07, 6.45) is 0.802. The van der Waals surface area contributed by atoms with Crippen LogP contribution in [0.1, 0.15) is 37.6 Å². The predicted octanol–water partition coefficient (Wildman–Crippen LogP) is 1.60. The lowest BCUT2D eigenvalue weighted by molar-refractivity contribution is 0.0696. The second-order valence-corrected chi connectivity index (χ2v) is 6.32. The van der Waals surface area contributed by atoms with Gasteiger partial charge in [-0.1, -0.05) is 6.92 Å². The number of methoxy groups -OCH3 is 1. The molecule has 0 heterocycles. The maximum Gasteiger partial charge on any atom is 0.257 e. The van der Waals surface area contributed by atoms with E-state index in [2.05, 4.69) is 0 Å². The molecule has 0 fully saturated rings. The van der Waals surface area contributed by atoms with Crippen LogP contribution in [0, 0.1) is 0 Å². The van der Waals surface area contributed by atoms with Gasteiger partial charge in [0.15, 0.2) is 0 Å². The van der Waals surface area contributed by atoms with E-state index in [-0.39, 0.29) is 22.4 Å². The summed E-state index contributed by atoms with van der Waals surface area (Å²) >= 11 is 0. The van der Waals surface area contributed by atoms with Crippen LogP contribution in [0.2, 0.25) is 0 Å². The SMILES string of the molecule is CCC(C)N(CC)C(=O)c1cc(S(N)(=O)=O)ccc1OC. The monoisotopic (exact) mass is 314 g/mol. The van der Waals surface area contributed by atoms with Gasteiger partial charge in [0, 0.05) is 12.6 Å². The zero-order valence-electron chi connectivity index (χ0n) is 12.8. The van der Waals surface area contributed by atoms with Gasteiger partial charge in [0.25, 0.3) is 5.91 Å². The van der Waals surface area contributed by atoms with Gasteiger partial charge in [0.05, 0.1) is 17.6 Å². The van der Waals surface area contributed by atoms with E-state index in [1.54, 1.807) is 4.90 Å². The minimum atomic E-state index is -3.87. The van der Waals surface area contributed by atoms with Gasteiger partial charge < -0.3 is 9.64 Å². The number of amides is 1. The lowest BCUT2D eigenvalue weighted by Crippen LogP contribution is -2.38. The van der Waals surface area contributed by atoms with Gasteiger partial charge in [-0.15, -0.1) is 0 Å². The van der Waals surface area contributed by atoms with E-state index in [0.717, 1.165) is 6.42 Å². The molecular weight excluding hydrogens is 292 g/mol. The maximum atomic E-state index is 12.6. The van der Waals surface area contributed by atoms with Crippen molar-refractivity contribution in [3.8, 4) is 5.75 Å². The van der Waals surface area contributed by atoms with Gasteiger partial charge in [0.2, 0.25) is 10.0 Å². The van der Waals surface area contributed by atoms with Crippen LogP contribution in [0.5, 0.6) is 5.75 Å². The summed E-state index contributed by atoms with van der Waals surface area (Å²) in [4.78, 5) is 14.2. The molecule has 0 radical (unpaired) electrons. The van der Waals surface area contributed by atoms with Crippen LogP contribution in [-0.4, -0.2) is 38.9 Å². The fourth-order valence-corrected chi connectivity index (χ4v) is 2.60. The summed E-state index contributed by atoms with van der Waals surface area (Å²) in [6.45, 7) is 6.33. The first-order valence-corrected chi connectivity index (χ1v) is 8.32. The summed E-state index contributed by atoms with van der Waals surface area (Å²) < 4.78 is 28.1. The molecule has 0 spiro atoms. The standard InChI is InChI=1S/C14H22N2O4S/c1-5-10(3)16(6-2)14(17)12-9-11(21(15,18)19)7-8-13(12)20-4/h7-10H,5-6H2,1-4H3,(H2,15,18,19). The Kier molecular flexibility index (Phi) is 5.74. The van der Waals surface area contributed by atoms with Gasteiger partial charge in [-0.05, 0) is 38.5 Å². The normalized spacial score (nSPS) is 12.8. The lowest BCUT2D eigenvalue weighted by Gasteiger charge is -2.28. The van der Waals surface area contributed by atoms with Crippen molar-refractivity contribution in [3.63, 3.8) is 0 Å². The zero-order valence-corrected chi connectivity index (χ0v) is 13.6. The number of primary sulfonamides is 1. The van der Waals surface area contributed by atoms with E-state index in [0.29, 0.717) is 12.3 Å². The van der Waals surface area contributed by atoms with Crippen molar-refractivity contribution in [1.82, 2.24) is 4.90 Å². The van der Waals surface area contributed by atoms with Crippen LogP contribution < -0.4 is 9.88 Å². The fourth-order valence-electron chi connectivity index (χ4n) is 2.06. The largest absolute Gasteiger partial charge is 0.496 e. The Bertz CT molecular complexity index is 613. The third-order valence-electron chi connectivity index (χ3n) is 3.45. The van der Waals surface area contributed by atoms with Gasteiger partial charge >= 0.3 is 0 Å². The van der Waals surface area contributed by atoms with Crippen LogP contribution in [0.15, 0.2) is 23.1 Å². The molecule has 1 amide bonds. The van der Waals surface area contributed by atoms with E-state index in [1.165, 1.54) is 25.3 Å². The van der Waals surface area contributed by atoms with Gasteiger partial charge in [-0.2, -0.15) is 0 Å². The Balaban J connectivity index is 3.35. The van der Waals surface area contributed by atoms with E-state index in [1.807, 2.05) is 20.8 Å². The molecule has 0 aliphatic carbocycles. The number of nitrogens with two attached hydrogens (primary N) is 1. The first-order chi connectivity index (χ1) is 9.76. The minimum Gasteiger partial charge on any atom is -0.496 e. The first kappa shape index (κ1) is 17.5. The Morgan fingerprint density at radius 1 is 1.38 bits per heavy atom. The average molecular weight is 314 g/mol. The molecule has 7 heteroatoms. The minimum absolute atomic E-state index is 0.0466. The number of benzene rings is 1. The van der Waals surface area contributed by atoms with E-state index in [4.69, 9.17) is 9.88 Å². The summed E-state index contributed by atoms with van der Waals surface area (Å²) in [5.74, 6) is 0.0587. The number of sulfonamides is 1. The molecule has 0 aliphatic heterocycles. The second-order valence-electron chi connectivity index (χ2n) is 4.76. The topological polar surface area (TPSA) is 89.7 Å². The third kappa shape index (κ3) is 3.95. The van der Waals surface area contributed by atoms with Crippen molar-refractivity contribution in [2.45, 2.75) is 38.1 Å². The van der Waals surface area contributed by atoms with Gasteiger partial charge in [-0.3, -0.25) is 4.79 Å². The highest BCUT2D eigenvalue weighted by Gasteiger charge is 2.23. The molecule has 1 aromatic rings. The highest BCUT2D eigenvalue weighted by Crippen LogP contribution is 2.24. The molecule has 1 aromatic carbocycles. The molecular formula is C14H22N2O4S. The van der Waals surface area contributed by atoms with E-state index < -0.39 is 10.0 Å². The van der Waals surface area contributed by atoms with Crippen LogP contribution in [-0.2, 0) is 10.0 Å². The Morgan fingerprint density at radius 2 is 2.00 bits per heavy atom. The van der Waals surface area contributed by atoms with Crippen molar-refractivity contribution in [2.24, 2.45) is 5.14 Å². The number of carbonyl (C=O) groups excluding carboxylic acids is 1. The first-order valence-electron chi connectivity index (χ1n) is 6.78. The van der Waals surface area contributed by atoms with Crippen molar-refractivity contribution in [1.29, 1.82) is 0 Å². The number of carbonyl (C=O) groups is 1. The van der Waals surface area contributed by atoms with Crippen molar-refractivity contribution in [2.75, 3.05) is 13.7 Å². The Labute approximate surface area is 125 Å². The smallest absolute Gasteiger partial charge is 0.257 e. The highest BCUT2D eigenvalue weighted by molar-refractivity contribution is 7.89. The number of nitrogens with zero attached hydrogens (tertiary/aromatic N) is 1.